The van der Waals surface area contributed by atoms with Crippen molar-refractivity contribution >= 4 is 17.3 Å². The number of anilines is 1. The summed E-state index contributed by atoms with van der Waals surface area (Å²) in [6.07, 6.45) is -3.14. The van der Waals surface area contributed by atoms with Crippen molar-refractivity contribution in [1.29, 1.82) is 0 Å². The minimum absolute atomic E-state index is 0.131. The van der Waals surface area contributed by atoms with Crippen molar-refractivity contribution in [2.75, 3.05) is 19.5 Å². The number of amides is 1. The van der Waals surface area contributed by atoms with E-state index in [0.717, 1.165) is 10.2 Å². The van der Waals surface area contributed by atoms with Gasteiger partial charge >= 0.3 is 5.69 Å². The number of nitrogens with one attached hydrogen (secondary N) is 1. The summed E-state index contributed by atoms with van der Waals surface area (Å²) in [5.74, 6) is 0.580. The fourth-order valence-corrected chi connectivity index (χ4v) is 3.59. The molecule has 0 fully saturated rings. The molecular weight excluding hydrogens is 454 g/mol. The standard InChI is InChI=1S/C21H24F2N6O5/c1-11-18(12(2)27(25-11)9-14-6-7-15(33-4)16(8-14)34-5)24-17(30)10-28-13(3)20(29(31)32)19(26-28)21(22)23/h6-8,21H,9-10H2,1-5H3,(H,24,30). The van der Waals surface area contributed by atoms with Crippen LogP contribution in [-0.2, 0) is 17.9 Å². The van der Waals surface area contributed by atoms with E-state index in [0.29, 0.717) is 35.1 Å². The second-order valence-electron chi connectivity index (χ2n) is 7.48. The van der Waals surface area contributed by atoms with E-state index in [9.17, 15) is 23.7 Å². The van der Waals surface area contributed by atoms with Crippen LogP contribution in [-0.4, -0.2) is 44.6 Å². The molecule has 0 radical (unpaired) electrons. The fourth-order valence-electron chi connectivity index (χ4n) is 3.59. The zero-order valence-electron chi connectivity index (χ0n) is 19.3. The molecule has 2 heterocycles. The molecule has 34 heavy (non-hydrogen) atoms. The first-order valence-corrected chi connectivity index (χ1v) is 10.1. The number of methoxy groups -OCH3 is 2. The Kier molecular flexibility index (Phi) is 7.13. The highest BCUT2D eigenvalue weighted by Crippen LogP contribution is 2.31. The Labute approximate surface area is 193 Å². The third kappa shape index (κ3) is 4.82. The average Bonchev–Trinajstić information content (AvgIpc) is 3.24. The minimum Gasteiger partial charge on any atom is -0.493 e. The van der Waals surface area contributed by atoms with Crippen LogP contribution in [0.3, 0.4) is 0 Å². The molecule has 0 aliphatic heterocycles. The largest absolute Gasteiger partial charge is 0.493 e. The molecule has 0 saturated heterocycles. The van der Waals surface area contributed by atoms with E-state index in [1.807, 2.05) is 12.1 Å². The molecule has 0 saturated carbocycles. The van der Waals surface area contributed by atoms with Gasteiger partial charge in [-0.2, -0.15) is 10.2 Å². The number of alkyl halides is 2. The monoisotopic (exact) mass is 478 g/mol. The number of aryl methyl sites for hydroxylation is 1. The predicted octanol–water partition coefficient (Wildman–Crippen LogP) is 3.55. The van der Waals surface area contributed by atoms with Crippen molar-refractivity contribution in [1.82, 2.24) is 19.6 Å². The topological polar surface area (TPSA) is 126 Å². The van der Waals surface area contributed by atoms with Crippen LogP contribution in [0.1, 0.15) is 34.8 Å². The summed E-state index contributed by atoms with van der Waals surface area (Å²) in [4.78, 5) is 22.8. The molecule has 0 bridgehead atoms. The lowest BCUT2D eigenvalue weighted by atomic mass is 10.2. The molecule has 0 spiro atoms. The van der Waals surface area contributed by atoms with Crippen LogP contribution < -0.4 is 14.8 Å². The molecule has 0 unspecified atom stereocenters. The summed E-state index contributed by atoms with van der Waals surface area (Å²) in [7, 11) is 3.09. The number of ether oxygens (including phenoxy) is 2. The predicted molar refractivity (Wildman–Crippen MR) is 118 cm³/mol. The molecular formula is C21H24F2N6O5. The molecule has 1 amide bonds. The van der Waals surface area contributed by atoms with Crippen molar-refractivity contribution < 1.29 is 28.0 Å². The maximum Gasteiger partial charge on any atom is 0.319 e. The second kappa shape index (κ2) is 9.85. The molecule has 3 aromatic rings. The van der Waals surface area contributed by atoms with E-state index in [2.05, 4.69) is 15.5 Å². The van der Waals surface area contributed by atoms with Gasteiger partial charge in [0.05, 0.1) is 42.8 Å². The number of halogens is 2. The summed E-state index contributed by atoms with van der Waals surface area (Å²) < 4.78 is 39.4. The summed E-state index contributed by atoms with van der Waals surface area (Å²) in [5, 5.41) is 21.9. The maximum absolute atomic E-state index is 13.1. The SMILES string of the molecule is COc1ccc(Cn2nc(C)c(NC(=O)Cn3nc(C(F)F)c([N+](=O)[O-])c3C)c2C)cc1OC. The minimum atomic E-state index is -3.14. The number of carbonyl (C=O) groups excluding carboxylic acids is 1. The lowest BCUT2D eigenvalue weighted by Gasteiger charge is -2.11. The number of aromatic nitrogens is 4. The summed E-state index contributed by atoms with van der Waals surface area (Å²) in [6, 6.07) is 5.47. The maximum atomic E-state index is 13.1. The van der Waals surface area contributed by atoms with Gasteiger partial charge in [-0.15, -0.1) is 0 Å². The number of nitro groups is 1. The number of hydrogen-bond acceptors (Lipinski definition) is 7. The first-order valence-electron chi connectivity index (χ1n) is 10.1. The molecule has 1 aromatic carbocycles. The van der Waals surface area contributed by atoms with Gasteiger partial charge in [0, 0.05) is 0 Å². The first-order chi connectivity index (χ1) is 16.1. The summed E-state index contributed by atoms with van der Waals surface area (Å²) in [5.41, 5.74) is 0.662. The number of benzene rings is 1. The number of rotatable bonds is 9. The van der Waals surface area contributed by atoms with E-state index in [1.54, 1.807) is 38.8 Å². The van der Waals surface area contributed by atoms with Gasteiger partial charge in [0.2, 0.25) is 11.6 Å². The molecule has 13 heteroatoms. The Morgan fingerprint density at radius 1 is 1.12 bits per heavy atom. The molecule has 11 nitrogen and oxygen atoms in total. The van der Waals surface area contributed by atoms with Gasteiger partial charge in [-0.3, -0.25) is 24.3 Å². The molecule has 0 aliphatic carbocycles. The van der Waals surface area contributed by atoms with Gasteiger partial charge in [-0.1, -0.05) is 6.07 Å². The van der Waals surface area contributed by atoms with Crippen LogP contribution in [0.2, 0.25) is 0 Å². The molecule has 0 atom stereocenters. The summed E-state index contributed by atoms with van der Waals surface area (Å²) >= 11 is 0. The number of nitrogens with zero attached hydrogens (tertiary/aromatic N) is 5. The highest BCUT2D eigenvalue weighted by Gasteiger charge is 2.31. The van der Waals surface area contributed by atoms with E-state index in [1.165, 1.54) is 6.92 Å². The second-order valence-corrected chi connectivity index (χ2v) is 7.48. The Hall–Kier alpha value is -4.03. The molecule has 0 aliphatic rings. The van der Waals surface area contributed by atoms with Gasteiger partial charge in [0.1, 0.15) is 12.2 Å². The van der Waals surface area contributed by atoms with Crippen molar-refractivity contribution in [2.24, 2.45) is 0 Å². The molecule has 182 valence electrons. The van der Waals surface area contributed by atoms with Gasteiger partial charge < -0.3 is 14.8 Å². The third-order valence-corrected chi connectivity index (χ3v) is 5.31. The quantitative estimate of drug-likeness (QED) is 0.368. The van der Waals surface area contributed by atoms with Crippen LogP contribution in [0.25, 0.3) is 0 Å². The van der Waals surface area contributed by atoms with Gasteiger partial charge in [0.15, 0.2) is 11.5 Å². The van der Waals surface area contributed by atoms with E-state index in [-0.39, 0.29) is 5.69 Å². The van der Waals surface area contributed by atoms with Crippen LogP contribution in [0, 0.1) is 30.9 Å². The Balaban J connectivity index is 1.79. The van der Waals surface area contributed by atoms with Gasteiger partial charge in [-0.25, -0.2) is 8.78 Å². The zero-order chi connectivity index (χ0) is 25.2. The van der Waals surface area contributed by atoms with Crippen LogP contribution >= 0.6 is 0 Å². The lowest BCUT2D eigenvalue weighted by Crippen LogP contribution is -2.21. The summed E-state index contributed by atoms with van der Waals surface area (Å²) in [6.45, 7) is 4.67. The van der Waals surface area contributed by atoms with Crippen molar-refractivity contribution in [3.63, 3.8) is 0 Å². The normalized spacial score (nSPS) is 11.1. The van der Waals surface area contributed by atoms with Crippen molar-refractivity contribution in [3.05, 3.63) is 56.7 Å². The first kappa shape index (κ1) is 24.6. The molecule has 1 N–H and O–H groups in total. The molecule has 2 aromatic heterocycles. The molecule has 3 rings (SSSR count). The smallest absolute Gasteiger partial charge is 0.319 e. The Morgan fingerprint density at radius 2 is 1.79 bits per heavy atom. The van der Waals surface area contributed by atoms with E-state index in [4.69, 9.17) is 9.47 Å². The Morgan fingerprint density at radius 3 is 2.35 bits per heavy atom. The van der Waals surface area contributed by atoms with Gasteiger partial charge in [-0.05, 0) is 38.5 Å². The van der Waals surface area contributed by atoms with E-state index >= 15 is 0 Å². The van der Waals surface area contributed by atoms with Crippen LogP contribution in [0.5, 0.6) is 11.5 Å². The number of hydrogen-bond donors (Lipinski definition) is 1. The highest BCUT2D eigenvalue weighted by molar-refractivity contribution is 5.91. The van der Waals surface area contributed by atoms with Crippen molar-refractivity contribution in [2.45, 2.75) is 40.3 Å². The van der Waals surface area contributed by atoms with Gasteiger partial charge in [0.25, 0.3) is 6.43 Å². The van der Waals surface area contributed by atoms with E-state index < -0.39 is 35.2 Å². The van der Waals surface area contributed by atoms with Crippen LogP contribution in [0.4, 0.5) is 20.2 Å². The van der Waals surface area contributed by atoms with Crippen molar-refractivity contribution in [3.8, 4) is 11.5 Å². The number of carbonyl (C=O) groups is 1. The zero-order valence-corrected chi connectivity index (χ0v) is 19.3. The highest BCUT2D eigenvalue weighted by atomic mass is 19.3. The third-order valence-electron chi connectivity index (χ3n) is 5.31. The lowest BCUT2D eigenvalue weighted by molar-refractivity contribution is -0.386. The fraction of sp³-hybridized carbons (Fsp3) is 0.381. The van der Waals surface area contributed by atoms with Crippen LogP contribution in [0.15, 0.2) is 18.2 Å². The Bertz CT molecular complexity index is 1240. The average molecular weight is 478 g/mol.